The first kappa shape index (κ1) is 16.0. The zero-order valence-electron chi connectivity index (χ0n) is 13.8. The maximum Gasteiger partial charge on any atom is 0.326 e. The highest BCUT2D eigenvalue weighted by Gasteiger charge is 2.41. The van der Waals surface area contributed by atoms with Gasteiger partial charge in [0, 0.05) is 17.8 Å². The fourth-order valence-electron chi connectivity index (χ4n) is 2.82. The molecule has 0 aromatic carbocycles. The molecule has 118 valence electrons. The van der Waals surface area contributed by atoms with E-state index in [1.807, 2.05) is 27.1 Å². The van der Waals surface area contributed by atoms with E-state index < -0.39 is 5.54 Å². The maximum absolute atomic E-state index is 12.4. The SMILES string of the molecule is CCOC(=O)C(C)(CC(C)n1cnc(C)c1C)NC1CC1. The Morgan fingerprint density at radius 3 is 2.71 bits per heavy atom. The highest BCUT2D eigenvalue weighted by molar-refractivity contribution is 5.80. The molecule has 5 heteroatoms. The molecule has 0 bridgehead atoms. The van der Waals surface area contributed by atoms with Gasteiger partial charge in [-0.15, -0.1) is 0 Å². The van der Waals surface area contributed by atoms with Gasteiger partial charge in [-0.3, -0.25) is 10.1 Å². The second-order valence-corrected chi connectivity index (χ2v) is 6.35. The summed E-state index contributed by atoms with van der Waals surface area (Å²) in [5.41, 5.74) is 1.55. The van der Waals surface area contributed by atoms with Gasteiger partial charge in [-0.05, 0) is 53.9 Å². The Morgan fingerprint density at radius 1 is 1.57 bits per heavy atom. The summed E-state index contributed by atoms with van der Waals surface area (Å²) < 4.78 is 7.42. The van der Waals surface area contributed by atoms with Gasteiger partial charge < -0.3 is 9.30 Å². The smallest absolute Gasteiger partial charge is 0.326 e. The van der Waals surface area contributed by atoms with Crippen LogP contribution in [0.2, 0.25) is 0 Å². The first-order valence-corrected chi connectivity index (χ1v) is 7.82. The predicted octanol–water partition coefficient (Wildman–Crippen LogP) is 2.52. The van der Waals surface area contributed by atoms with Gasteiger partial charge in [0.25, 0.3) is 0 Å². The van der Waals surface area contributed by atoms with E-state index in [0.29, 0.717) is 19.1 Å². The van der Waals surface area contributed by atoms with Crippen LogP contribution in [0.4, 0.5) is 0 Å². The molecule has 0 aliphatic heterocycles. The highest BCUT2D eigenvalue weighted by atomic mass is 16.5. The number of esters is 1. The van der Waals surface area contributed by atoms with Gasteiger partial charge in [0.15, 0.2) is 0 Å². The van der Waals surface area contributed by atoms with Crippen LogP contribution < -0.4 is 5.32 Å². The van der Waals surface area contributed by atoms with E-state index in [2.05, 4.69) is 28.7 Å². The lowest BCUT2D eigenvalue weighted by molar-refractivity contribution is -0.151. The van der Waals surface area contributed by atoms with Crippen LogP contribution in [0.3, 0.4) is 0 Å². The standard InChI is InChI=1S/C16H27N3O2/c1-6-21-15(20)16(5,18-14-7-8-14)9-11(2)19-10-17-12(3)13(19)4/h10-11,14,18H,6-9H2,1-5H3. The van der Waals surface area contributed by atoms with Gasteiger partial charge in [0.2, 0.25) is 0 Å². The molecule has 0 saturated heterocycles. The second-order valence-electron chi connectivity index (χ2n) is 6.35. The molecule has 0 radical (unpaired) electrons. The number of hydrogen-bond acceptors (Lipinski definition) is 4. The number of aromatic nitrogens is 2. The molecule has 1 fully saturated rings. The van der Waals surface area contributed by atoms with E-state index in [0.717, 1.165) is 24.2 Å². The quantitative estimate of drug-likeness (QED) is 0.785. The summed E-state index contributed by atoms with van der Waals surface area (Å²) in [6.45, 7) is 10.4. The summed E-state index contributed by atoms with van der Waals surface area (Å²) in [5, 5.41) is 3.47. The van der Waals surface area contributed by atoms with Crippen LogP contribution in [0.15, 0.2) is 6.33 Å². The van der Waals surface area contributed by atoms with Crippen molar-refractivity contribution in [3.05, 3.63) is 17.7 Å². The molecule has 1 aromatic heterocycles. The Kier molecular flexibility index (Phi) is 4.71. The van der Waals surface area contributed by atoms with Crippen molar-refractivity contribution in [2.45, 2.75) is 71.5 Å². The Hall–Kier alpha value is -1.36. The minimum atomic E-state index is -0.638. The van der Waals surface area contributed by atoms with Gasteiger partial charge >= 0.3 is 5.97 Å². The number of imidazole rings is 1. The molecule has 1 N–H and O–H groups in total. The fraction of sp³-hybridized carbons (Fsp3) is 0.750. The lowest BCUT2D eigenvalue weighted by Crippen LogP contribution is -2.52. The third-order valence-electron chi connectivity index (χ3n) is 4.29. The van der Waals surface area contributed by atoms with Crippen molar-refractivity contribution < 1.29 is 9.53 Å². The maximum atomic E-state index is 12.4. The lowest BCUT2D eigenvalue weighted by Gasteiger charge is -2.32. The molecule has 2 rings (SSSR count). The Labute approximate surface area is 127 Å². The van der Waals surface area contributed by atoms with Gasteiger partial charge in [-0.2, -0.15) is 0 Å². The number of aryl methyl sites for hydroxylation is 1. The largest absolute Gasteiger partial charge is 0.465 e. The van der Waals surface area contributed by atoms with E-state index in [4.69, 9.17) is 4.74 Å². The van der Waals surface area contributed by atoms with Crippen LogP contribution in [0, 0.1) is 13.8 Å². The fourth-order valence-corrected chi connectivity index (χ4v) is 2.82. The Balaban J connectivity index is 2.13. The first-order valence-electron chi connectivity index (χ1n) is 7.82. The average molecular weight is 293 g/mol. The summed E-state index contributed by atoms with van der Waals surface area (Å²) >= 11 is 0. The van der Waals surface area contributed by atoms with Crippen molar-refractivity contribution >= 4 is 5.97 Å². The first-order chi connectivity index (χ1) is 9.87. The zero-order chi connectivity index (χ0) is 15.6. The van der Waals surface area contributed by atoms with Crippen LogP contribution in [-0.4, -0.2) is 33.7 Å². The predicted molar refractivity (Wildman–Crippen MR) is 82.2 cm³/mol. The number of carbonyl (C=O) groups excluding carboxylic acids is 1. The van der Waals surface area contributed by atoms with Crippen LogP contribution in [-0.2, 0) is 9.53 Å². The number of nitrogens with one attached hydrogen (secondary N) is 1. The van der Waals surface area contributed by atoms with Crippen molar-refractivity contribution in [2.75, 3.05) is 6.61 Å². The minimum absolute atomic E-state index is 0.154. The number of carbonyl (C=O) groups is 1. The molecule has 0 amide bonds. The van der Waals surface area contributed by atoms with Gasteiger partial charge in [-0.1, -0.05) is 0 Å². The summed E-state index contributed by atoms with van der Waals surface area (Å²) in [7, 11) is 0. The number of rotatable bonds is 7. The monoisotopic (exact) mass is 293 g/mol. The van der Waals surface area contributed by atoms with Crippen molar-refractivity contribution in [3.8, 4) is 0 Å². The zero-order valence-corrected chi connectivity index (χ0v) is 13.8. The molecular weight excluding hydrogens is 266 g/mol. The topological polar surface area (TPSA) is 56.2 Å². The highest BCUT2D eigenvalue weighted by Crippen LogP contribution is 2.29. The third-order valence-corrected chi connectivity index (χ3v) is 4.29. The molecule has 2 unspecified atom stereocenters. The average Bonchev–Trinajstić information content (AvgIpc) is 3.15. The minimum Gasteiger partial charge on any atom is -0.465 e. The van der Waals surface area contributed by atoms with Gasteiger partial charge in [0.1, 0.15) is 5.54 Å². The molecular formula is C16H27N3O2. The van der Waals surface area contributed by atoms with E-state index in [1.165, 1.54) is 0 Å². The van der Waals surface area contributed by atoms with Crippen molar-refractivity contribution in [2.24, 2.45) is 0 Å². The normalized spacial score (nSPS) is 19.1. The second kappa shape index (κ2) is 6.18. The van der Waals surface area contributed by atoms with E-state index >= 15 is 0 Å². The molecule has 5 nitrogen and oxygen atoms in total. The number of ether oxygens (including phenoxy) is 1. The Morgan fingerprint density at radius 2 is 2.24 bits per heavy atom. The Bertz CT molecular complexity index is 508. The molecule has 1 saturated carbocycles. The third kappa shape index (κ3) is 3.64. The molecule has 1 aliphatic carbocycles. The summed E-state index contributed by atoms with van der Waals surface area (Å²) in [6, 6.07) is 0.643. The van der Waals surface area contributed by atoms with E-state index in [9.17, 15) is 4.79 Å². The van der Waals surface area contributed by atoms with Crippen molar-refractivity contribution in [1.29, 1.82) is 0 Å². The number of nitrogens with zero attached hydrogens (tertiary/aromatic N) is 2. The summed E-state index contributed by atoms with van der Waals surface area (Å²) in [5.74, 6) is -0.154. The van der Waals surface area contributed by atoms with E-state index in [-0.39, 0.29) is 12.0 Å². The molecule has 21 heavy (non-hydrogen) atoms. The summed E-state index contributed by atoms with van der Waals surface area (Å²) in [4.78, 5) is 16.7. The van der Waals surface area contributed by atoms with Crippen LogP contribution in [0.1, 0.15) is 57.5 Å². The molecule has 1 aromatic rings. The molecule has 0 spiro atoms. The van der Waals surface area contributed by atoms with Crippen molar-refractivity contribution in [3.63, 3.8) is 0 Å². The number of hydrogen-bond donors (Lipinski definition) is 1. The van der Waals surface area contributed by atoms with Crippen LogP contribution in [0.25, 0.3) is 0 Å². The molecule has 1 heterocycles. The van der Waals surface area contributed by atoms with Gasteiger partial charge in [-0.25, -0.2) is 4.98 Å². The van der Waals surface area contributed by atoms with Crippen LogP contribution in [0.5, 0.6) is 0 Å². The molecule has 1 aliphatic rings. The molecule has 2 atom stereocenters. The van der Waals surface area contributed by atoms with Gasteiger partial charge in [0.05, 0.1) is 18.6 Å². The van der Waals surface area contributed by atoms with Crippen molar-refractivity contribution in [1.82, 2.24) is 14.9 Å². The van der Waals surface area contributed by atoms with E-state index in [1.54, 1.807) is 0 Å². The lowest BCUT2D eigenvalue weighted by atomic mass is 9.93. The summed E-state index contributed by atoms with van der Waals surface area (Å²) in [6.07, 6.45) is 4.84. The van der Waals surface area contributed by atoms with Crippen LogP contribution >= 0.6 is 0 Å².